The van der Waals surface area contributed by atoms with Crippen LogP contribution in [0.3, 0.4) is 0 Å². The number of aliphatic carboxylic acids is 1. The number of likely N-dealkylation sites (N-methyl/N-ethyl adjacent to an activating group) is 1. The van der Waals surface area contributed by atoms with Gasteiger partial charge in [-0.3, -0.25) is 24.2 Å². The van der Waals surface area contributed by atoms with Gasteiger partial charge in [0.2, 0.25) is 5.91 Å². The summed E-state index contributed by atoms with van der Waals surface area (Å²) >= 11 is 0. The summed E-state index contributed by atoms with van der Waals surface area (Å²) in [6.07, 6.45) is 7.97. The van der Waals surface area contributed by atoms with Crippen molar-refractivity contribution in [3.63, 3.8) is 0 Å². The first-order chi connectivity index (χ1) is 26.9. The predicted molar refractivity (Wildman–Crippen MR) is 224 cm³/mol. The molecule has 0 saturated heterocycles. The third kappa shape index (κ3) is 7.07. The summed E-state index contributed by atoms with van der Waals surface area (Å²) in [5, 5.41) is 22.4. The van der Waals surface area contributed by atoms with Gasteiger partial charge in [-0.15, -0.1) is 0 Å². The molecule has 0 spiro atoms. The van der Waals surface area contributed by atoms with Crippen molar-refractivity contribution < 1.29 is 34.1 Å². The summed E-state index contributed by atoms with van der Waals surface area (Å²) in [4.78, 5) is 61.5. The van der Waals surface area contributed by atoms with E-state index >= 15 is 0 Å². The van der Waals surface area contributed by atoms with Crippen molar-refractivity contribution in [2.24, 2.45) is 56.2 Å². The molecule has 2 unspecified atom stereocenters. The minimum Gasteiger partial charge on any atom is -0.481 e. The summed E-state index contributed by atoms with van der Waals surface area (Å²) in [5.74, 6) is -0.443. The molecule has 1 amide bonds. The summed E-state index contributed by atoms with van der Waals surface area (Å²) in [6, 6.07) is 5.36. The predicted octanol–water partition coefficient (Wildman–Crippen LogP) is 8.29. The van der Waals surface area contributed by atoms with Crippen molar-refractivity contribution in [1.82, 2.24) is 14.8 Å². The van der Waals surface area contributed by atoms with Crippen molar-refractivity contribution in [1.29, 1.82) is 0 Å². The van der Waals surface area contributed by atoms with Crippen LogP contribution in [0.5, 0.6) is 0 Å². The maximum absolute atomic E-state index is 14.4. The van der Waals surface area contributed by atoms with E-state index in [0.717, 1.165) is 56.2 Å². The fourth-order valence-electron chi connectivity index (χ4n) is 13.9. The first-order valence-electron chi connectivity index (χ1n) is 22.1. The minimum atomic E-state index is -1.19. The molecule has 1 aromatic rings. The van der Waals surface area contributed by atoms with Crippen LogP contribution in [-0.2, 0) is 23.9 Å². The van der Waals surface area contributed by atoms with Crippen molar-refractivity contribution in [3.05, 3.63) is 41.2 Å². The van der Waals surface area contributed by atoms with E-state index in [1.807, 2.05) is 44.1 Å². The van der Waals surface area contributed by atoms with E-state index in [-0.39, 0.29) is 83.3 Å². The molecule has 2 N–H and O–H groups in total. The third-order valence-electron chi connectivity index (χ3n) is 17.2. The molecule has 4 saturated carbocycles. The maximum atomic E-state index is 14.4. The molecule has 5 aliphatic rings. The van der Waals surface area contributed by atoms with Crippen molar-refractivity contribution >= 4 is 23.6 Å². The molecule has 10 atom stereocenters. The molecule has 10 nitrogen and oxygen atoms in total. The monoisotopic (exact) mass is 804 g/mol. The number of pyridine rings is 1. The Morgan fingerprint density at radius 3 is 2.22 bits per heavy atom. The molecule has 0 radical (unpaired) electrons. The number of esters is 1. The fraction of sp³-hybridized carbons (Fsp3) is 0.771. The number of ether oxygens (including phenoxy) is 1. The molecule has 5 aliphatic carbocycles. The second-order valence-corrected chi connectivity index (χ2v) is 21.8. The number of carbonyl (C=O) groups is 4. The molecule has 322 valence electrons. The molecule has 1 aromatic heterocycles. The number of Topliss-reactive ketones (excluding diaryl/α,β-unsaturated/α-hetero) is 1. The van der Waals surface area contributed by atoms with Crippen molar-refractivity contribution in [2.45, 2.75) is 152 Å². The van der Waals surface area contributed by atoms with Gasteiger partial charge in [-0.1, -0.05) is 60.1 Å². The quantitative estimate of drug-likeness (QED) is 0.200. The van der Waals surface area contributed by atoms with Crippen LogP contribution < -0.4 is 0 Å². The largest absolute Gasteiger partial charge is 0.481 e. The number of hydrogen-bond donors (Lipinski definition) is 2. The topological polar surface area (TPSA) is 137 Å². The molecular formula is C48H73N3O7. The van der Waals surface area contributed by atoms with E-state index < -0.39 is 28.9 Å². The number of carbonyl (C=O) groups excluding carboxylic acids is 3. The number of aliphatic hydroxyl groups excluding tert-OH is 1. The molecule has 4 fully saturated rings. The number of fused-ring (bicyclic) bond motifs is 7. The highest BCUT2D eigenvalue weighted by molar-refractivity contribution is 6.01. The van der Waals surface area contributed by atoms with Gasteiger partial charge in [0, 0.05) is 30.0 Å². The van der Waals surface area contributed by atoms with Gasteiger partial charge in [0.25, 0.3) is 0 Å². The SMILES string of the molecule is CC(C)C1=C2[C@H]3CC[C@@H]4[C@@]5(C)CC[C@H](OC(=O)CC(C)(C)C(=O)O)C(C)(C)[C@@H]5CC[C@@]4(C)[C@]3(C)CC[C@@]2(C(O)CN(C(=O)CN(C)C)C(C)c2ccccn2)CC1=O. The van der Waals surface area contributed by atoms with Crippen LogP contribution in [0, 0.1) is 56.2 Å². The van der Waals surface area contributed by atoms with Crippen LogP contribution in [0.1, 0.15) is 145 Å². The lowest BCUT2D eigenvalue weighted by Gasteiger charge is -2.72. The lowest BCUT2D eigenvalue weighted by molar-refractivity contribution is -0.235. The van der Waals surface area contributed by atoms with Gasteiger partial charge in [-0.2, -0.15) is 0 Å². The zero-order valence-corrected chi connectivity index (χ0v) is 37.6. The Morgan fingerprint density at radius 1 is 0.931 bits per heavy atom. The second kappa shape index (κ2) is 15.4. The van der Waals surface area contributed by atoms with E-state index in [0.29, 0.717) is 18.3 Å². The van der Waals surface area contributed by atoms with E-state index in [2.05, 4.69) is 53.5 Å². The van der Waals surface area contributed by atoms with Gasteiger partial charge < -0.3 is 24.7 Å². The molecule has 0 aliphatic heterocycles. The highest BCUT2D eigenvalue weighted by Gasteiger charge is 2.71. The lowest BCUT2D eigenvalue weighted by atomic mass is 9.33. The molecule has 0 bridgehead atoms. The van der Waals surface area contributed by atoms with Gasteiger partial charge in [-0.25, -0.2) is 0 Å². The van der Waals surface area contributed by atoms with E-state index in [1.165, 1.54) is 5.57 Å². The molecule has 58 heavy (non-hydrogen) atoms. The van der Waals surface area contributed by atoms with Crippen LogP contribution in [0.15, 0.2) is 35.5 Å². The Morgan fingerprint density at radius 2 is 1.62 bits per heavy atom. The number of amides is 1. The van der Waals surface area contributed by atoms with Gasteiger partial charge in [0.1, 0.15) is 6.10 Å². The first-order valence-corrected chi connectivity index (χ1v) is 22.1. The molecule has 10 heteroatoms. The zero-order valence-electron chi connectivity index (χ0n) is 37.6. The number of ketones is 1. The molecule has 0 aromatic carbocycles. The molecular weight excluding hydrogens is 731 g/mol. The fourth-order valence-corrected chi connectivity index (χ4v) is 13.9. The Bertz CT molecular complexity index is 1800. The Kier molecular flexibility index (Phi) is 11.8. The number of allylic oxidation sites excluding steroid dienone is 1. The van der Waals surface area contributed by atoms with Gasteiger partial charge in [-0.05, 0) is 144 Å². The molecule has 1 heterocycles. The van der Waals surface area contributed by atoms with Gasteiger partial charge >= 0.3 is 11.9 Å². The minimum absolute atomic E-state index is 0.0113. The van der Waals surface area contributed by atoms with Crippen LogP contribution in [0.25, 0.3) is 0 Å². The van der Waals surface area contributed by atoms with Crippen LogP contribution in [-0.4, -0.2) is 88.0 Å². The van der Waals surface area contributed by atoms with E-state index in [9.17, 15) is 29.4 Å². The maximum Gasteiger partial charge on any atom is 0.309 e. The average Bonchev–Trinajstić information content (AvgIpc) is 3.44. The Hall–Kier alpha value is -3.11. The third-order valence-corrected chi connectivity index (χ3v) is 17.2. The second-order valence-electron chi connectivity index (χ2n) is 21.8. The van der Waals surface area contributed by atoms with Crippen LogP contribution >= 0.6 is 0 Å². The highest BCUT2D eigenvalue weighted by atomic mass is 16.5. The van der Waals surface area contributed by atoms with E-state index in [4.69, 9.17) is 4.74 Å². The molecule has 6 rings (SSSR count). The number of aliphatic hydroxyl groups is 1. The summed E-state index contributed by atoms with van der Waals surface area (Å²) in [7, 11) is 3.75. The van der Waals surface area contributed by atoms with E-state index in [1.54, 1.807) is 24.9 Å². The number of aromatic nitrogens is 1. The van der Waals surface area contributed by atoms with Gasteiger partial charge in [0.15, 0.2) is 5.78 Å². The standard InChI is InChI=1S/C48H73N3O7/c1-29(2)40-33(52)25-48(36(53)27-51(38(54)28-50(11)12)30(3)32-15-13-14-24-49-32)23-22-46(9)31(41(40)48)16-17-35-45(8)20-19-37(58-39(55)26-43(4,5)42(56)57)44(6,7)34(45)18-21-47(35,46)10/h13-15,24,29-31,34-37,53H,16-23,25-28H2,1-12H3,(H,56,57)/t30?,31-,34+,35-,36?,37+,45+,46-,47-,48+/m1/s1. The van der Waals surface area contributed by atoms with Crippen LogP contribution in [0.4, 0.5) is 0 Å². The number of nitrogens with zero attached hydrogens (tertiary/aromatic N) is 3. The number of carboxylic acids is 1. The highest BCUT2D eigenvalue weighted by Crippen LogP contribution is 2.77. The summed E-state index contributed by atoms with van der Waals surface area (Å²) in [5.41, 5.74) is 0.549. The average molecular weight is 804 g/mol. The lowest BCUT2D eigenvalue weighted by Crippen LogP contribution is -2.66. The number of hydrogen-bond acceptors (Lipinski definition) is 8. The van der Waals surface area contributed by atoms with Crippen molar-refractivity contribution in [2.75, 3.05) is 27.2 Å². The Balaban J connectivity index is 1.31. The van der Waals surface area contributed by atoms with Crippen molar-refractivity contribution in [3.8, 4) is 0 Å². The summed E-state index contributed by atoms with van der Waals surface area (Å²) in [6.45, 7) is 21.7. The normalized spacial score (nSPS) is 35.4. The smallest absolute Gasteiger partial charge is 0.309 e. The van der Waals surface area contributed by atoms with Crippen LogP contribution in [0.2, 0.25) is 0 Å². The van der Waals surface area contributed by atoms with Gasteiger partial charge in [0.05, 0.1) is 36.2 Å². The number of rotatable bonds is 12. The zero-order chi connectivity index (χ0) is 43.0. The summed E-state index contributed by atoms with van der Waals surface area (Å²) < 4.78 is 6.18. The first kappa shape index (κ1) is 44.4. The Labute approximate surface area is 347 Å². The number of carboxylic acid groups (broad SMARTS) is 1.